The van der Waals surface area contributed by atoms with Crippen LogP contribution in [0.15, 0.2) is 109 Å². The van der Waals surface area contributed by atoms with E-state index in [9.17, 15) is 4.39 Å². The van der Waals surface area contributed by atoms with Crippen LogP contribution < -0.4 is 38.6 Å². The number of rotatable bonds is 11. The van der Waals surface area contributed by atoms with Crippen LogP contribution in [0.1, 0.15) is 57.9 Å². The lowest BCUT2D eigenvalue weighted by molar-refractivity contribution is -0.00000817. The van der Waals surface area contributed by atoms with Gasteiger partial charge in [0.25, 0.3) is 0 Å². The van der Waals surface area contributed by atoms with E-state index in [4.69, 9.17) is 5.73 Å². The van der Waals surface area contributed by atoms with Crippen molar-refractivity contribution >= 4 is 28.9 Å². The summed E-state index contributed by atoms with van der Waals surface area (Å²) in [5.74, 6) is -0.199. The monoisotopic (exact) mass is 593 g/mol. The Morgan fingerprint density at radius 3 is 1.53 bits per heavy atom. The SMILES string of the molecule is CCCCCC[P+](c1ccccc1)(c1ccccc1)c1ccccc1.CCCCc1cc(F)ccc1N.[Br-]. The first-order valence-electron chi connectivity index (χ1n) is 13.7. The number of nitrogen functional groups attached to an aromatic ring is 1. The van der Waals surface area contributed by atoms with Gasteiger partial charge in [-0.05, 0) is 85.8 Å². The molecule has 0 fully saturated rings. The number of anilines is 1. The van der Waals surface area contributed by atoms with E-state index in [2.05, 4.69) is 105 Å². The summed E-state index contributed by atoms with van der Waals surface area (Å²) in [6.45, 7) is 4.39. The number of unbranched alkanes of at least 4 members (excludes halogenated alkanes) is 4. The lowest BCUT2D eigenvalue weighted by atomic mass is 10.1. The van der Waals surface area contributed by atoms with Gasteiger partial charge in [0.15, 0.2) is 0 Å². The Morgan fingerprint density at radius 1 is 0.605 bits per heavy atom. The van der Waals surface area contributed by atoms with Gasteiger partial charge in [0.1, 0.15) is 29.0 Å². The predicted octanol–water partition coefficient (Wildman–Crippen LogP) is 5.32. The van der Waals surface area contributed by atoms with Crippen LogP contribution in [0.5, 0.6) is 0 Å². The van der Waals surface area contributed by atoms with Crippen molar-refractivity contribution in [3.8, 4) is 0 Å². The first-order valence-corrected chi connectivity index (χ1v) is 15.7. The second-order valence-corrected chi connectivity index (χ2v) is 13.2. The molecule has 0 saturated carbocycles. The summed E-state index contributed by atoms with van der Waals surface area (Å²) in [7, 11) is -1.59. The Bertz CT molecular complexity index is 1070. The predicted molar refractivity (Wildman–Crippen MR) is 164 cm³/mol. The summed E-state index contributed by atoms with van der Waals surface area (Å²) in [5, 5.41) is 4.51. The van der Waals surface area contributed by atoms with E-state index in [-0.39, 0.29) is 22.8 Å². The third-order valence-corrected chi connectivity index (χ3v) is 11.4. The molecule has 4 aromatic carbocycles. The van der Waals surface area contributed by atoms with Crippen molar-refractivity contribution < 1.29 is 21.4 Å². The standard InChI is InChI=1S/C24H28P.C10H14FN.BrH/c1-2-3-4-14-21-25(22-15-8-5-9-16-22,23-17-10-6-11-18-23)24-19-12-7-13-20-24;1-2-3-4-8-7-9(11)5-6-10(8)12;/h5-13,15-20H,2-4,14,21H2,1H3;5-7H,2-4,12H2,1H3;1H/q+1;;/p-1. The Kier molecular flexibility index (Phi) is 14.3. The molecule has 0 spiro atoms. The van der Waals surface area contributed by atoms with Gasteiger partial charge < -0.3 is 22.7 Å². The van der Waals surface area contributed by atoms with Crippen molar-refractivity contribution in [2.75, 3.05) is 11.9 Å². The molecule has 0 atom stereocenters. The molecule has 1 nitrogen and oxygen atoms in total. The summed E-state index contributed by atoms with van der Waals surface area (Å²) in [5.41, 5.74) is 7.29. The fraction of sp³-hybridized carbons (Fsp3) is 0.294. The maximum Gasteiger partial charge on any atom is 0.123 e. The third kappa shape index (κ3) is 8.79. The van der Waals surface area contributed by atoms with Gasteiger partial charge >= 0.3 is 0 Å². The average molecular weight is 595 g/mol. The van der Waals surface area contributed by atoms with Gasteiger partial charge in [0.2, 0.25) is 0 Å². The molecule has 4 rings (SSSR count). The minimum Gasteiger partial charge on any atom is -1.00 e. The molecular weight excluding hydrogens is 552 g/mol. The second kappa shape index (κ2) is 17.2. The highest BCUT2D eigenvalue weighted by Gasteiger charge is 2.44. The molecule has 0 bridgehead atoms. The van der Waals surface area contributed by atoms with Gasteiger partial charge in [0, 0.05) is 5.69 Å². The summed E-state index contributed by atoms with van der Waals surface area (Å²) in [4.78, 5) is 0. The molecule has 4 aromatic rings. The van der Waals surface area contributed by atoms with Gasteiger partial charge in [-0.2, -0.15) is 0 Å². The Hall–Kier alpha value is -2.48. The molecule has 0 aliphatic heterocycles. The van der Waals surface area contributed by atoms with Crippen molar-refractivity contribution in [2.24, 2.45) is 0 Å². The van der Waals surface area contributed by atoms with E-state index in [1.807, 2.05) is 0 Å². The fourth-order valence-corrected chi connectivity index (χ4v) is 9.23. The van der Waals surface area contributed by atoms with E-state index >= 15 is 0 Å². The van der Waals surface area contributed by atoms with Gasteiger partial charge in [-0.15, -0.1) is 0 Å². The molecule has 2 N–H and O–H groups in total. The maximum atomic E-state index is 12.7. The zero-order valence-corrected chi connectivity index (χ0v) is 25.3. The summed E-state index contributed by atoms with van der Waals surface area (Å²) in [6, 6.07) is 38.2. The van der Waals surface area contributed by atoms with Crippen LogP contribution in [0.3, 0.4) is 0 Å². The molecule has 0 aliphatic carbocycles. The molecule has 0 saturated heterocycles. The summed E-state index contributed by atoms with van der Waals surface area (Å²) in [6.07, 6.45) is 9.53. The molecule has 0 radical (unpaired) electrons. The van der Waals surface area contributed by atoms with Crippen molar-refractivity contribution in [3.05, 3.63) is 121 Å². The minimum absolute atomic E-state index is 0. The van der Waals surface area contributed by atoms with Gasteiger partial charge in [-0.1, -0.05) is 87.7 Å². The van der Waals surface area contributed by atoms with E-state index in [0.29, 0.717) is 5.69 Å². The van der Waals surface area contributed by atoms with Gasteiger partial charge in [0.05, 0.1) is 6.16 Å². The fourth-order valence-electron chi connectivity index (χ4n) is 4.82. The smallest absolute Gasteiger partial charge is 0.123 e. The molecule has 4 heteroatoms. The summed E-state index contributed by atoms with van der Waals surface area (Å²) < 4.78 is 12.7. The van der Waals surface area contributed by atoms with E-state index in [1.54, 1.807) is 6.07 Å². The number of benzene rings is 4. The van der Waals surface area contributed by atoms with Gasteiger partial charge in [-0.3, -0.25) is 0 Å². The number of hydrogen-bond acceptors (Lipinski definition) is 1. The number of hydrogen-bond donors (Lipinski definition) is 1. The van der Waals surface area contributed by atoms with Crippen LogP contribution in [-0.4, -0.2) is 6.16 Å². The largest absolute Gasteiger partial charge is 1.00 e. The Morgan fingerprint density at radius 2 is 1.08 bits per heavy atom. The molecule has 0 amide bonds. The lowest BCUT2D eigenvalue weighted by Crippen LogP contribution is -3.00. The quantitative estimate of drug-likeness (QED) is 0.142. The Balaban J connectivity index is 0.000000330. The number of aryl methyl sites for hydroxylation is 1. The van der Waals surface area contributed by atoms with E-state index in [1.165, 1.54) is 59.9 Å². The second-order valence-electron chi connectivity index (χ2n) is 9.55. The van der Waals surface area contributed by atoms with Crippen molar-refractivity contribution in [3.63, 3.8) is 0 Å². The lowest BCUT2D eigenvalue weighted by Gasteiger charge is -2.27. The van der Waals surface area contributed by atoms with E-state index < -0.39 is 7.26 Å². The average Bonchev–Trinajstić information content (AvgIpc) is 2.95. The molecule has 202 valence electrons. The van der Waals surface area contributed by atoms with Crippen LogP contribution in [0.25, 0.3) is 0 Å². The molecular formula is C34H42BrFNP. The van der Waals surface area contributed by atoms with E-state index in [0.717, 1.165) is 24.8 Å². The Labute approximate surface area is 240 Å². The normalized spacial score (nSPS) is 10.7. The first kappa shape index (κ1) is 31.7. The van der Waals surface area contributed by atoms with Crippen LogP contribution in [-0.2, 0) is 6.42 Å². The maximum absolute atomic E-state index is 12.7. The van der Waals surface area contributed by atoms with Crippen molar-refractivity contribution in [1.29, 1.82) is 0 Å². The van der Waals surface area contributed by atoms with Crippen molar-refractivity contribution in [2.45, 2.75) is 58.8 Å². The number of nitrogens with two attached hydrogens (primary N) is 1. The van der Waals surface area contributed by atoms with Crippen LogP contribution in [0, 0.1) is 5.82 Å². The zero-order chi connectivity index (χ0) is 26.3. The number of halogens is 2. The van der Waals surface area contributed by atoms with Crippen LogP contribution in [0.4, 0.5) is 10.1 Å². The minimum atomic E-state index is -1.59. The molecule has 0 heterocycles. The highest BCUT2D eigenvalue weighted by Crippen LogP contribution is 2.55. The third-order valence-electron chi connectivity index (χ3n) is 6.84. The highest BCUT2D eigenvalue weighted by atomic mass is 79.9. The van der Waals surface area contributed by atoms with Gasteiger partial charge in [-0.25, -0.2) is 4.39 Å². The van der Waals surface area contributed by atoms with Crippen molar-refractivity contribution in [1.82, 2.24) is 0 Å². The first-order chi connectivity index (χ1) is 18.1. The topological polar surface area (TPSA) is 26.0 Å². The zero-order valence-electron chi connectivity index (χ0n) is 22.8. The molecule has 0 aliphatic rings. The molecule has 38 heavy (non-hydrogen) atoms. The molecule has 0 unspecified atom stereocenters. The summed E-state index contributed by atoms with van der Waals surface area (Å²) >= 11 is 0. The van der Waals surface area contributed by atoms with Crippen LogP contribution in [0.2, 0.25) is 0 Å². The molecule has 0 aromatic heterocycles. The highest BCUT2D eigenvalue weighted by molar-refractivity contribution is 7.95. The van der Waals surface area contributed by atoms with Crippen LogP contribution >= 0.6 is 7.26 Å².